The lowest BCUT2D eigenvalue weighted by Gasteiger charge is -2.19. The molecule has 0 atom stereocenters. The summed E-state index contributed by atoms with van der Waals surface area (Å²) < 4.78 is 41.0. The molecule has 0 fully saturated rings. The Labute approximate surface area is 136 Å². The Balaban J connectivity index is 2.12. The van der Waals surface area contributed by atoms with Gasteiger partial charge in [-0.1, -0.05) is 6.07 Å². The van der Waals surface area contributed by atoms with Crippen molar-refractivity contribution in [3.8, 4) is 11.3 Å². The number of carbonyl (C=O) groups is 1. The number of halogens is 3. The van der Waals surface area contributed by atoms with Crippen molar-refractivity contribution in [2.24, 2.45) is 0 Å². The van der Waals surface area contributed by atoms with Crippen LogP contribution in [0.15, 0.2) is 18.2 Å². The molecule has 2 heterocycles. The molecule has 24 heavy (non-hydrogen) atoms. The lowest BCUT2D eigenvalue weighted by molar-refractivity contribution is -0.147. The number of carbonyl (C=O) groups excluding carboxylic acids is 1. The van der Waals surface area contributed by atoms with Gasteiger partial charge in [-0.05, 0) is 24.6 Å². The SMILES string of the molecule is CNC(=O)c1ccc(-c2nc(C(F)(F)F)n3c2CNCC3)cc1C. The van der Waals surface area contributed by atoms with Crippen LogP contribution in [0.4, 0.5) is 13.2 Å². The van der Waals surface area contributed by atoms with Gasteiger partial charge in [-0.2, -0.15) is 13.2 Å². The highest BCUT2D eigenvalue weighted by atomic mass is 19.4. The maximum atomic E-state index is 13.2. The third-order valence-corrected chi connectivity index (χ3v) is 4.10. The smallest absolute Gasteiger partial charge is 0.355 e. The van der Waals surface area contributed by atoms with Gasteiger partial charge in [0.1, 0.15) is 0 Å². The van der Waals surface area contributed by atoms with Crippen LogP contribution in [0.5, 0.6) is 0 Å². The number of hydrogen-bond donors (Lipinski definition) is 2. The minimum atomic E-state index is -4.50. The van der Waals surface area contributed by atoms with Crippen molar-refractivity contribution in [2.75, 3.05) is 13.6 Å². The van der Waals surface area contributed by atoms with Gasteiger partial charge < -0.3 is 15.2 Å². The zero-order valence-electron chi connectivity index (χ0n) is 13.3. The summed E-state index contributed by atoms with van der Waals surface area (Å²) in [4.78, 5) is 15.6. The van der Waals surface area contributed by atoms with E-state index in [9.17, 15) is 18.0 Å². The van der Waals surface area contributed by atoms with Gasteiger partial charge in [-0.15, -0.1) is 0 Å². The first-order valence-electron chi connectivity index (χ1n) is 7.53. The van der Waals surface area contributed by atoms with Crippen LogP contribution in [0.25, 0.3) is 11.3 Å². The maximum absolute atomic E-state index is 13.2. The number of aryl methyl sites for hydroxylation is 1. The molecule has 1 aliphatic heterocycles. The topological polar surface area (TPSA) is 59.0 Å². The van der Waals surface area contributed by atoms with Crippen molar-refractivity contribution < 1.29 is 18.0 Å². The van der Waals surface area contributed by atoms with Gasteiger partial charge >= 0.3 is 6.18 Å². The molecule has 5 nitrogen and oxygen atoms in total. The van der Waals surface area contributed by atoms with E-state index in [1.807, 2.05) is 0 Å². The number of hydrogen-bond acceptors (Lipinski definition) is 3. The van der Waals surface area contributed by atoms with Crippen molar-refractivity contribution in [1.82, 2.24) is 20.2 Å². The second-order valence-corrected chi connectivity index (χ2v) is 5.67. The molecule has 0 aliphatic carbocycles. The normalized spacial score (nSPS) is 14.4. The molecule has 0 spiro atoms. The molecule has 0 saturated heterocycles. The van der Waals surface area contributed by atoms with Crippen molar-refractivity contribution in [3.05, 3.63) is 40.8 Å². The third-order valence-electron chi connectivity index (χ3n) is 4.10. The Kier molecular flexibility index (Phi) is 4.08. The van der Waals surface area contributed by atoms with Gasteiger partial charge in [-0.3, -0.25) is 4.79 Å². The Morgan fingerprint density at radius 2 is 2.12 bits per heavy atom. The summed E-state index contributed by atoms with van der Waals surface area (Å²) in [6.07, 6.45) is -4.50. The van der Waals surface area contributed by atoms with E-state index >= 15 is 0 Å². The molecule has 0 bridgehead atoms. The van der Waals surface area contributed by atoms with E-state index < -0.39 is 12.0 Å². The van der Waals surface area contributed by atoms with Gasteiger partial charge in [0.25, 0.3) is 5.91 Å². The summed E-state index contributed by atoms with van der Waals surface area (Å²) in [6, 6.07) is 4.94. The van der Waals surface area contributed by atoms with E-state index in [1.54, 1.807) is 25.1 Å². The highest BCUT2D eigenvalue weighted by Gasteiger charge is 2.39. The molecule has 0 unspecified atom stereocenters. The van der Waals surface area contributed by atoms with Crippen LogP contribution in [0, 0.1) is 6.92 Å². The van der Waals surface area contributed by atoms with Gasteiger partial charge in [0.05, 0.1) is 11.4 Å². The number of rotatable bonds is 2. The number of alkyl halides is 3. The largest absolute Gasteiger partial charge is 0.449 e. The fourth-order valence-electron chi connectivity index (χ4n) is 2.95. The number of benzene rings is 1. The lowest BCUT2D eigenvalue weighted by Crippen LogP contribution is -2.30. The predicted octanol–water partition coefficient (Wildman–Crippen LogP) is 2.34. The molecule has 3 rings (SSSR count). The quantitative estimate of drug-likeness (QED) is 0.884. The average molecular weight is 338 g/mol. The summed E-state index contributed by atoms with van der Waals surface area (Å²) in [5, 5.41) is 5.61. The molecule has 128 valence electrons. The first kappa shape index (κ1) is 16.5. The van der Waals surface area contributed by atoms with E-state index in [1.165, 1.54) is 11.6 Å². The van der Waals surface area contributed by atoms with Crippen molar-refractivity contribution in [2.45, 2.75) is 26.2 Å². The monoisotopic (exact) mass is 338 g/mol. The van der Waals surface area contributed by atoms with E-state index in [0.29, 0.717) is 41.2 Å². The predicted molar refractivity (Wildman–Crippen MR) is 82.5 cm³/mol. The second-order valence-electron chi connectivity index (χ2n) is 5.67. The summed E-state index contributed by atoms with van der Waals surface area (Å²) >= 11 is 0. The molecule has 1 aromatic carbocycles. The van der Waals surface area contributed by atoms with E-state index in [0.717, 1.165) is 0 Å². The summed E-state index contributed by atoms with van der Waals surface area (Å²) in [6.45, 7) is 2.78. The molecule has 1 aromatic heterocycles. The van der Waals surface area contributed by atoms with Crippen LogP contribution >= 0.6 is 0 Å². The average Bonchev–Trinajstić information content (AvgIpc) is 2.94. The summed E-state index contributed by atoms with van der Waals surface area (Å²) in [5.74, 6) is -1.11. The van der Waals surface area contributed by atoms with Gasteiger partial charge in [0.2, 0.25) is 5.82 Å². The van der Waals surface area contributed by atoms with Crippen molar-refractivity contribution in [1.29, 1.82) is 0 Å². The number of fused-ring (bicyclic) bond motifs is 1. The molecule has 0 radical (unpaired) electrons. The molecule has 1 aliphatic rings. The van der Waals surface area contributed by atoms with Crippen LogP contribution < -0.4 is 10.6 Å². The van der Waals surface area contributed by atoms with Crippen LogP contribution in [0.2, 0.25) is 0 Å². The van der Waals surface area contributed by atoms with E-state index in [-0.39, 0.29) is 12.5 Å². The standard InChI is InChI=1S/C16H17F3N4O/c1-9-7-10(3-4-11(9)14(24)20-2)13-12-8-21-5-6-23(12)15(22-13)16(17,18)19/h3-4,7,21H,5-6,8H2,1-2H3,(H,20,24). The lowest BCUT2D eigenvalue weighted by atomic mass is 10.0. The fraction of sp³-hybridized carbons (Fsp3) is 0.375. The van der Waals surface area contributed by atoms with Gasteiger partial charge in [0.15, 0.2) is 0 Å². The van der Waals surface area contributed by atoms with Gasteiger partial charge in [0, 0.05) is 37.8 Å². The van der Waals surface area contributed by atoms with E-state index in [4.69, 9.17) is 0 Å². The Hall–Kier alpha value is -2.35. The molecule has 0 saturated carbocycles. The first-order chi connectivity index (χ1) is 11.3. The number of aromatic nitrogens is 2. The van der Waals surface area contributed by atoms with Crippen molar-refractivity contribution >= 4 is 5.91 Å². The van der Waals surface area contributed by atoms with Crippen LogP contribution in [-0.4, -0.2) is 29.1 Å². The Morgan fingerprint density at radius 3 is 2.75 bits per heavy atom. The highest BCUT2D eigenvalue weighted by molar-refractivity contribution is 5.96. The van der Waals surface area contributed by atoms with Crippen LogP contribution in [0.3, 0.4) is 0 Å². The zero-order chi connectivity index (χ0) is 17.5. The number of imidazole rings is 1. The Bertz CT molecular complexity index is 795. The zero-order valence-corrected chi connectivity index (χ0v) is 13.3. The molecule has 2 N–H and O–H groups in total. The highest BCUT2D eigenvalue weighted by Crippen LogP contribution is 2.35. The van der Waals surface area contributed by atoms with E-state index in [2.05, 4.69) is 15.6 Å². The van der Waals surface area contributed by atoms with Crippen LogP contribution in [-0.2, 0) is 19.3 Å². The molecular formula is C16H17F3N4O. The molecular weight excluding hydrogens is 321 g/mol. The summed E-state index contributed by atoms with van der Waals surface area (Å²) in [7, 11) is 1.53. The summed E-state index contributed by atoms with van der Waals surface area (Å²) in [5.41, 5.74) is 2.57. The molecule has 8 heteroatoms. The molecule has 2 aromatic rings. The van der Waals surface area contributed by atoms with Gasteiger partial charge in [-0.25, -0.2) is 4.98 Å². The molecule has 1 amide bonds. The number of nitrogens with one attached hydrogen (secondary N) is 2. The first-order valence-corrected chi connectivity index (χ1v) is 7.53. The minimum Gasteiger partial charge on any atom is -0.355 e. The fourth-order valence-corrected chi connectivity index (χ4v) is 2.95. The Morgan fingerprint density at radius 1 is 1.38 bits per heavy atom. The maximum Gasteiger partial charge on any atom is 0.449 e. The third kappa shape index (κ3) is 2.77. The van der Waals surface area contributed by atoms with Crippen molar-refractivity contribution in [3.63, 3.8) is 0 Å². The number of amides is 1. The second kappa shape index (κ2) is 5.94. The van der Waals surface area contributed by atoms with Crippen LogP contribution in [0.1, 0.15) is 27.4 Å². The number of nitrogens with zero attached hydrogens (tertiary/aromatic N) is 2. The minimum absolute atomic E-state index is 0.229.